The number of benzene rings is 8. The zero-order valence-electron chi connectivity index (χ0n) is 47.5. The number of imidazole rings is 1. The Kier molecular flexibility index (Phi) is 10.3. The summed E-state index contributed by atoms with van der Waals surface area (Å²) in [5.41, 5.74) is 12.9. The van der Waals surface area contributed by atoms with Crippen LogP contribution in [0.3, 0.4) is 0 Å². The fourth-order valence-corrected chi connectivity index (χ4v) is 9.84. The van der Waals surface area contributed by atoms with Crippen molar-refractivity contribution in [2.24, 2.45) is 5.92 Å². The molecule has 3 aromatic heterocycles. The zero-order chi connectivity index (χ0) is 54.2. The molecular weight excluding hydrogens is 877 g/mol. The lowest BCUT2D eigenvalue weighted by atomic mass is 9.78. The van der Waals surface area contributed by atoms with Gasteiger partial charge in [-0.15, -0.1) is 0 Å². The largest absolute Gasteiger partial charge is 0.458 e. The van der Waals surface area contributed by atoms with Crippen molar-refractivity contribution in [1.29, 1.82) is 0 Å². The van der Waals surface area contributed by atoms with Gasteiger partial charge in [-0.25, -0.2) is 4.98 Å². The summed E-state index contributed by atoms with van der Waals surface area (Å²) >= 11 is 0. The van der Waals surface area contributed by atoms with Gasteiger partial charge in [-0.1, -0.05) is 196 Å². The van der Waals surface area contributed by atoms with Crippen LogP contribution in [-0.4, -0.2) is 14.1 Å². The van der Waals surface area contributed by atoms with Crippen LogP contribution in [0.2, 0.25) is 0 Å². The average Bonchev–Trinajstić information content (AvgIpc) is 4.02. The van der Waals surface area contributed by atoms with Gasteiger partial charge in [0.2, 0.25) is 0 Å². The van der Waals surface area contributed by atoms with E-state index in [1.807, 2.05) is 88.1 Å². The molecule has 0 amide bonds. The second-order valence-electron chi connectivity index (χ2n) is 21.5. The molecule has 0 bridgehead atoms. The number of hydrogen-bond acceptors (Lipinski definition) is 2. The predicted octanol–water partition coefficient (Wildman–Crippen LogP) is 17.3. The van der Waals surface area contributed by atoms with Crippen molar-refractivity contribution in [3.63, 3.8) is 0 Å². The Morgan fingerprint density at radius 3 is 1.99 bits per heavy atom. The molecule has 5 heteroatoms. The quantitative estimate of drug-likeness (QED) is 0.101. The molecular formula is C67H62N4O. The van der Waals surface area contributed by atoms with Crippen LogP contribution in [0, 0.1) is 12.2 Å². The molecule has 0 aliphatic carbocycles. The minimum absolute atomic E-state index is 0.116. The highest BCUT2D eigenvalue weighted by Crippen LogP contribution is 2.41. The highest BCUT2D eigenvalue weighted by atomic mass is 16.5. The lowest BCUT2D eigenvalue weighted by molar-refractivity contribution is -0.571. The number of hydrogen-bond donors (Lipinski definition) is 0. The maximum atomic E-state index is 9.25. The van der Waals surface area contributed by atoms with Crippen molar-refractivity contribution in [3.05, 3.63) is 223 Å². The smallest absolute Gasteiger partial charge is 0.269 e. The summed E-state index contributed by atoms with van der Waals surface area (Å²) < 4.78 is 57.6. The third-order valence-corrected chi connectivity index (χ3v) is 14.2. The first-order chi connectivity index (χ1) is 36.8. The summed E-state index contributed by atoms with van der Waals surface area (Å²) in [5.74, 6) is 2.93. The highest BCUT2D eigenvalue weighted by molar-refractivity contribution is 6.10. The molecule has 0 saturated heterocycles. The molecule has 0 saturated carbocycles. The second-order valence-corrected chi connectivity index (χ2v) is 21.5. The van der Waals surface area contributed by atoms with Crippen LogP contribution < -0.4 is 9.30 Å². The van der Waals surface area contributed by atoms with Gasteiger partial charge in [0.25, 0.3) is 6.33 Å². The number of aromatic nitrogens is 4. The molecule has 0 fully saturated rings. The van der Waals surface area contributed by atoms with Gasteiger partial charge in [0.05, 0.1) is 40.3 Å². The summed E-state index contributed by atoms with van der Waals surface area (Å²) in [4.78, 5) is 4.97. The zero-order valence-corrected chi connectivity index (χ0v) is 42.5. The monoisotopic (exact) mass is 944 g/mol. The standard InChI is InChI=1S/C67H62N4O/c1-44(2)45(3)48-34-35-68-64(39-48)71-60-33-30-49(46-20-12-10-13-21-46)38-59(60)58-32-31-55(42-63(58)71)72-54-25-18-24-53(41-54)69-43-70(62-29-17-16-28-61(62)69)65-56(47-22-14-11-15-23-47)26-19-27-57(65)50-36-51(66(4,5)6)40-52(37-50)67(7,8)9/h10-42,44-45H,1-9H3/i11D,14D,15D,22D,23D. The van der Waals surface area contributed by atoms with Gasteiger partial charge >= 0.3 is 0 Å². The molecule has 1 unspecified atom stereocenters. The molecule has 8 aromatic carbocycles. The van der Waals surface area contributed by atoms with E-state index >= 15 is 0 Å². The summed E-state index contributed by atoms with van der Waals surface area (Å²) in [6, 6.07) is 54.5. The van der Waals surface area contributed by atoms with Crippen molar-refractivity contribution in [3.8, 4) is 62.1 Å². The van der Waals surface area contributed by atoms with Crippen LogP contribution in [0.5, 0.6) is 11.5 Å². The Hall–Kier alpha value is -8.02. The SMILES string of the molecule is [2H]c1c([2H])c([2H])c(-c2cccc(-c3cc(C(C)(C)C)cc(C(C)(C)C)c3)c2-[n+]2[c-]n(-c3cccc(Oc4ccc5c6cc(-c7ccccc7)ccc6n(-c6cc(C(C)C(C)C)ccn6)c5c4)c3)c3ccccc32)c([2H])c1[2H]. The Bertz CT molecular complexity index is 4040. The summed E-state index contributed by atoms with van der Waals surface area (Å²) in [6.45, 7) is 20.0. The van der Waals surface area contributed by atoms with E-state index in [0.717, 1.165) is 77.7 Å². The van der Waals surface area contributed by atoms with Crippen molar-refractivity contribution in [2.75, 3.05) is 0 Å². The summed E-state index contributed by atoms with van der Waals surface area (Å²) in [6.07, 6.45) is 5.63. The lowest BCUT2D eigenvalue weighted by Gasteiger charge is -2.27. The highest BCUT2D eigenvalue weighted by Gasteiger charge is 2.25. The fourth-order valence-electron chi connectivity index (χ4n) is 9.84. The number of ether oxygens (including phenoxy) is 1. The van der Waals surface area contributed by atoms with E-state index < -0.39 is 18.1 Å². The molecule has 0 radical (unpaired) electrons. The fraction of sp³-hybridized carbons (Fsp3) is 0.194. The lowest BCUT2D eigenvalue weighted by Crippen LogP contribution is -2.31. The van der Waals surface area contributed by atoms with E-state index in [1.54, 1.807) is 0 Å². The predicted molar refractivity (Wildman–Crippen MR) is 299 cm³/mol. The van der Waals surface area contributed by atoms with Gasteiger partial charge in [0.15, 0.2) is 0 Å². The van der Waals surface area contributed by atoms with E-state index in [0.29, 0.717) is 34.6 Å². The molecule has 5 nitrogen and oxygen atoms in total. The molecule has 0 aliphatic heterocycles. The molecule has 0 aliphatic rings. The van der Waals surface area contributed by atoms with Crippen LogP contribution in [0.25, 0.3) is 83.4 Å². The molecule has 0 N–H and O–H groups in total. The van der Waals surface area contributed by atoms with E-state index in [2.05, 4.69) is 164 Å². The van der Waals surface area contributed by atoms with Crippen LogP contribution in [-0.2, 0) is 10.8 Å². The first kappa shape index (κ1) is 40.7. The maximum Gasteiger partial charge on any atom is 0.269 e. The molecule has 11 aromatic rings. The number of pyridine rings is 1. The second kappa shape index (κ2) is 18.3. The van der Waals surface area contributed by atoms with Crippen LogP contribution in [0.15, 0.2) is 200 Å². The van der Waals surface area contributed by atoms with Gasteiger partial charge in [0.1, 0.15) is 17.3 Å². The Morgan fingerprint density at radius 1 is 0.556 bits per heavy atom. The number of fused-ring (bicyclic) bond motifs is 4. The topological polar surface area (TPSA) is 35.9 Å². The van der Waals surface area contributed by atoms with Gasteiger partial charge in [-0.3, -0.25) is 13.7 Å². The van der Waals surface area contributed by atoms with E-state index in [4.69, 9.17) is 13.8 Å². The first-order valence-corrected chi connectivity index (χ1v) is 25.0. The van der Waals surface area contributed by atoms with Crippen molar-refractivity contribution < 1.29 is 16.2 Å². The Labute approximate surface area is 431 Å². The van der Waals surface area contributed by atoms with Gasteiger partial charge in [0, 0.05) is 23.0 Å². The number of nitrogens with zero attached hydrogens (tertiary/aromatic N) is 4. The molecule has 11 rings (SSSR count). The van der Waals surface area contributed by atoms with Crippen LogP contribution in [0.4, 0.5) is 0 Å². The van der Waals surface area contributed by atoms with Crippen LogP contribution in [0.1, 0.15) is 91.8 Å². The maximum absolute atomic E-state index is 9.25. The molecule has 356 valence electrons. The van der Waals surface area contributed by atoms with Crippen molar-refractivity contribution in [1.82, 2.24) is 14.1 Å². The average molecular weight is 944 g/mol. The van der Waals surface area contributed by atoms with Gasteiger partial charge < -0.3 is 4.74 Å². The number of para-hydroxylation sites is 3. The third kappa shape index (κ3) is 8.68. The minimum Gasteiger partial charge on any atom is -0.458 e. The van der Waals surface area contributed by atoms with Crippen molar-refractivity contribution in [2.45, 2.75) is 79.1 Å². The Balaban J connectivity index is 1.07. The van der Waals surface area contributed by atoms with Crippen LogP contribution >= 0.6 is 0 Å². The molecule has 3 heterocycles. The number of rotatable bonds is 10. The third-order valence-electron chi connectivity index (χ3n) is 14.2. The van der Waals surface area contributed by atoms with E-state index in [-0.39, 0.29) is 28.5 Å². The first-order valence-electron chi connectivity index (χ1n) is 27.5. The van der Waals surface area contributed by atoms with E-state index in [9.17, 15) is 2.74 Å². The van der Waals surface area contributed by atoms with E-state index in [1.165, 1.54) is 5.56 Å². The molecule has 72 heavy (non-hydrogen) atoms. The van der Waals surface area contributed by atoms with Gasteiger partial charge in [-0.05, 0) is 127 Å². The summed E-state index contributed by atoms with van der Waals surface area (Å²) in [5, 5.41) is 2.21. The Morgan fingerprint density at radius 2 is 1.25 bits per heavy atom. The van der Waals surface area contributed by atoms with Crippen molar-refractivity contribution >= 4 is 32.8 Å². The van der Waals surface area contributed by atoms with Gasteiger partial charge in [-0.2, -0.15) is 0 Å². The molecule has 0 spiro atoms. The minimum atomic E-state index is -0.439. The normalized spacial score (nSPS) is 13.6. The summed E-state index contributed by atoms with van der Waals surface area (Å²) in [7, 11) is 0. The molecule has 1 atom stereocenters.